The van der Waals surface area contributed by atoms with Gasteiger partial charge in [0.25, 0.3) is 0 Å². The molecule has 6 heteroatoms. The van der Waals surface area contributed by atoms with Gasteiger partial charge in [0.05, 0.1) is 22.2 Å². The highest BCUT2D eigenvalue weighted by atomic mass is 35.5. The molecule has 23 heavy (non-hydrogen) atoms. The molecule has 1 saturated carbocycles. The van der Waals surface area contributed by atoms with E-state index in [0.29, 0.717) is 31.6 Å². The number of ketones is 1. The van der Waals surface area contributed by atoms with Crippen molar-refractivity contribution >= 4 is 18.2 Å². The fourth-order valence-corrected chi connectivity index (χ4v) is 5.29. The Morgan fingerprint density at radius 3 is 3.17 bits per heavy atom. The van der Waals surface area contributed by atoms with Crippen molar-refractivity contribution in [3.63, 3.8) is 0 Å². The quantitative estimate of drug-likeness (QED) is 0.802. The lowest BCUT2D eigenvalue weighted by atomic mass is 9.49. The molecule has 1 aromatic carbocycles. The number of aliphatic hydroxyl groups is 1. The van der Waals surface area contributed by atoms with Gasteiger partial charge in [-0.15, -0.1) is 12.4 Å². The van der Waals surface area contributed by atoms with E-state index in [1.807, 2.05) is 6.07 Å². The summed E-state index contributed by atoms with van der Waals surface area (Å²) in [5.41, 5.74) is -0.102. The molecule has 1 saturated heterocycles. The van der Waals surface area contributed by atoms with Crippen molar-refractivity contribution in [3.8, 4) is 11.5 Å². The molecule has 1 spiro atoms. The van der Waals surface area contributed by atoms with Gasteiger partial charge in [0.2, 0.25) is 0 Å². The van der Waals surface area contributed by atoms with Crippen molar-refractivity contribution < 1.29 is 23.5 Å². The van der Waals surface area contributed by atoms with Crippen LogP contribution in [0.2, 0.25) is 0 Å². The third-order valence-corrected chi connectivity index (χ3v) is 6.18. The number of ether oxygens (including phenoxy) is 2. The summed E-state index contributed by atoms with van der Waals surface area (Å²) < 4.78 is 33.3. The van der Waals surface area contributed by atoms with Crippen molar-refractivity contribution in [1.82, 2.24) is 5.32 Å². The van der Waals surface area contributed by atoms with E-state index in [1.54, 1.807) is 6.07 Å². The molecule has 4 aliphatic rings. The van der Waals surface area contributed by atoms with Crippen LogP contribution in [0.5, 0.6) is 11.5 Å². The molecule has 124 valence electrons. The molecular formula is C17H20ClNO4. The topological polar surface area (TPSA) is 67.8 Å². The van der Waals surface area contributed by atoms with E-state index in [4.69, 9.17) is 13.6 Å². The second kappa shape index (κ2) is 4.62. The second-order valence-electron chi connectivity index (χ2n) is 6.85. The van der Waals surface area contributed by atoms with E-state index in [2.05, 4.69) is 5.32 Å². The smallest absolute Gasteiger partial charge is 0.174 e. The number of nitrogens with one attached hydrogen (secondary N) is 1. The van der Waals surface area contributed by atoms with Gasteiger partial charge in [0.1, 0.15) is 0 Å². The number of methoxy groups -OCH3 is 1. The van der Waals surface area contributed by atoms with E-state index >= 15 is 0 Å². The Hall–Kier alpha value is -1.30. The molecule has 2 heterocycles. The normalized spacial score (nSPS) is 41.6. The van der Waals surface area contributed by atoms with E-state index in [1.165, 1.54) is 0 Å². The highest BCUT2D eigenvalue weighted by Crippen LogP contribution is 2.63. The van der Waals surface area contributed by atoms with E-state index in [0.717, 1.165) is 11.1 Å². The molecule has 2 aliphatic carbocycles. The van der Waals surface area contributed by atoms with Gasteiger partial charge in [-0.2, -0.15) is 0 Å². The minimum atomic E-state index is -2.61. The Morgan fingerprint density at radius 1 is 1.48 bits per heavy atom. The van der Waals surface area contributed by atoms with Crippen molar-refractivity contribution in [2.24, 2.45) is 0 Å². The lowest BCUT2D eigenvalue weighted by Gasteiger charge is -2.59. The maximum Gasteiger partial charge on any atom is 0.174 e. The van der Waals surface area contributed by atoms with Gasteiger partial charge >= 0.3 is 0 Å². The molecule has 4 atom stereocenters. The largest absolute Gasteiger partial charge is 0.493 e. The molecule has 0 unspecified atom stereocenters. The molecule has 5 rings (SSSR count). The monoisotopic (exact) mass is 340 g/mol. The Kier molecular flexibility index (Phi) is 2.43. The summed E-state index contributed by atoms with van der Waals surface area (Å²) >= 11 is 0. The number of carbonyl (C=O) groups is 1. The SMILES string of the molecule is Cl.[2H]C([2H])([2H])Oc1ccc2c3c1O[C@H]1C(=O)CC[C@@]4(O)[C@@H](C2)NCC[C@]314. The van der Waals surface area contributed by atoms with Gasteiger partial charge in [-0.1, -0.05) is 6.07 Å². The lowest BCUT2D eigenvalue weighted by Crippen LogP contribution is -2.76. The van der Waals surface area contributed by atoms with Gasteiger partial charge in [0, 0.05) is 18.0 Å². The van der Waals surface area contributed by atoms with Crippen LogP contribution in [0.4, 0.5) is 0 Å². The first-order valence-corrected chi connectivity index (χ1v) is 7.77. The fraction of sp³-hybridized carbons (Fsp3) is 0.588. The van der Waals surface area contributed by atoms with Gasteiger partial charge < -0.3 is 19.9 Å². The molecule has 5 nitrogen and oxygen atoms in total. The Balaban J connectivity index is 0.00000168. The van der Waals surface area contributed by atoms with Gasteiger partial charge in [-0.25, -0.2) is 0 Å². The first-order chi connectivity index (χ1) is 11.8. The number of hydrogen-bond acceptors (Lipinski definition) is 5. The van der Waals surface area contributed by atoms with Crippen molar-refractivity contribution in [1.29, 1.82) is 0 Å². The van der Waals surface area contributed by atoms with Crippen LogP contribution >= 0.6 is 12.4 Å². The van der Waals surface area contributed by atoms with Crippen LogP contribution in [-0.4, -0.2) is 42.2 Å². The van der Waals surface area contributed by atoms with Crippen LogP contribution in [0.1, 0.15) is 34.5 Å². The third kappa shape index (κ3) is 1.49. The van der Waals surface area contributed by atoms with Crippen molar-refractivity contribution in [2.75, 3.05) is 13.6 Å². The summed E-state index contributed by atoms with van der Waals surface area (Å²) in [4.78, 5) is 12.7. The van der Waals surface area contributed by atoms with Crippen LogP contribution in [0.25, 0.3) is 0 Å². The van der Waals surface area contributed by atoms with Crippen molar-refractivity contribution in [2.45, 2.75) is 48.8 Å². The predicted octanol–water partition coefficient (Wildman–Crippen LogP) is 1.13. The predicted molar refractivity (Wildman–Crippen MR) is 85.6 cm³/mol. The van der Waals surface area contributed by atoms with Crippen LogP contribution in [0.3, 0.4) is 0 Å². The zero-order valence-electron chi connectivity index (χ0n) is 15.4. The summed E-state index contributed by atoms with van der Waals surface area (Å²) in [5.74, 6) is 0.413. The van der Waals surface area contributed by atoms with E-state index < -0.39 is 24.2 Å². The van der Waals surface area contributed by atoms with Gasteiger partial charge in [-0.05, 0) is 37.4 Å². The molecule has 2 N–H and O–H groups in total. The van der Waals surface area contributed by atoms with Crippen molar-refractivity contribution in [3.05, 3.63) is 23.3 Å². The maximum atomic E-state index is 12.7. The third-order valence-electron chi connectivity index (χ3n) is 6.18. The molecule has 0 aromatic heterocycles. The van der Waals surface area contributed by atoms with E-state index in [9.17, 15) is 9.90 Å². The Bertz CT molecular complexity index is 801. The average molecular weight is 341 g/mol. The maximum absolute atomic E-state index is 12.7. The Labute approximate surface area is 145 Å². The molecule has 2 aliphatic heterocycles. The summed E-state index contributed by atoms with van der Waals surface area (Å²) in [6.07, 6.45) is 1.09. The number of rotatable bonds is 1. The molecule has 2 fully saturated rings. The number of Topliss-reactive ketones (excluding diaryl/α,β-unsaturated/α-hetero) is 1. The van der Waals surface area contributed by atoms with Crippen LogP contribution in [0, 0.1) is 0 Å². The fourth-order valence-electron chi connectivity index (χ4n) is 5.29. The molecule has 1 aromatic rings. The highest BCUT2D eigenvalue weighted by molar-refractivity contribution is 5.90. The average Bonchev–Trinajstić information content (AvgIpc) is 2.86. The van der Waals surface area contributed by atoms with Gasteiger partial charge in [-0.3, -0.25) is 4.79 Å². The van der Waals surface area contributed by atoms with Crippen LogP contribution in [0.15, 0.2) is 12.1 Å². The zero-order valence-corrected chi connectivity index (χ0v) is 13.2. The minimum Gasteiger partial charge on any atom is -0.493 e. The summed E-state index contributed by atoms with van der Waals surface area (Å²) in [5, 5.41) is 15.0. The number of hydrogen-bond donors (Lipinski definition) is 2. The lowest BCUT2D eigenvalue weighted by molar-refractivity contribution is -0.166. The molecule has 0 amide bonds. The Morgan fingerprint density at radius 2 is 2.35 bits per heavy atom. The standard InChI is InChI=1S/C17H19NO4.ClH/c1-21-11-3-2-9-8-12-17(20)5-4-10(19)15-16(17,6-7-18-12)13(9)14(11)22-15;/h2-3,12,15,18,20H,4-8H2,1H3;1H/t12-,15+,16+,17-;/m1./s1/i1D3;. The molecule has 2 bridgehead atoms. The molecule has 0 radical (unpaired) electrons. The highest BCUT2D eigenvalue weighted by Gasteiger charge is 2.71. The minimum absolute atomic E-state index is 0. The zero-order chi connectivity index (χ0) is 17.6. The second-order valence-corrected chi connectivity index (χ2v) is 6.85. The van der Waals surface area contributed by atoms with E-state index in [-0.39, 0.29) is 36.4 Å². The first kappa shape index (κ1) is 12.1. The number of carbonyl (C=O) groups excluding carboxylic acids is 1. The summed E-state index contributed by atoms with van der Waals surface area (Å²) in [6, 6.07) is 3.30. The summed E-state index contributed by atoms with van der Waals surface area (Å²) in [6.45, 7) is 0.684. The number of benzene rings is 1. The molecular weight excluding hydrogens is 318 g/mol. The summed E-state index contributed by atoms with van der Waals surface area (Å²) in [7, 11) is -2.61. The van der Waals surface area contributed by atoms with Gasteiger partial charge in [0.15, 0.2) is 23.4 Å². The number of piperidine rings is 1. The first-order valence-electron chi connectivity index (χ1n) is 9.27. The number of halogens is 1. The van der Waals surface area contributed by atoms with Crippen LogP contribution < -0.4 is 14.8 Å². The van der Waals surface area contributed by atoms with Crippen LogP contribution in [-0.2, 0) is 16.6 Å².